The normalized spacial score (nSPS) is 13.0. The first-order valence-electron chi connectivity index (χ1n) is 8.02. The first-order chi connectivity index (χ1) is 11.7. The summed E-state index contributed by atoms with van der Waals surface area (Å²) in [6.45, 7) is 0. The van der Waals surface area contributed by atoms with Crippen LogP contribution in [-0.2, 0) is 12.8 Å². The fourth-order valence-electron chi connectivity index (χ4n) is 3.95. The molecule has 0 amide bonds. The molecule has 116 valence electrons. The zero-order valence-corrected chi connectivity index (χ0v) is 12.9. The number of rotatable bonds is 2. The molecule has 1 heterocycles. The summed E-state index contributed by atoms with van der Waals surface area (Å²) in [7, 11) is 0. The zero-order valence-electron chi connectivity index (χ0n) is 12.9. The minimum Gasteiger partial charge on any atom is -0.354 e. The Morgan fingerprint density at radius 1 is 0.875 bits per heavy atom. The molecule has 0 aliphatic heterocycles. The molecular weight excluding hydrogens is 300 g/mol. The van der Waals surface area contributed by atoms with E-state index in [2.05, 4.69) is 29.2 Å². The molecule has 0 fully saturated rings. The van der Waals surface area contributed by atoms with Crippen molar-refractivity contribution >= 4 is 27.5 Å². The number of H-pyrrole nitrogens is 1. The summed E-state index contributed by atoms with van der Waals surface area (Å²) in [5, 5.41) is 13.9. The molecule has 0 spiro atoms. The quantitative estimate of drug-likeness (QED) is 0.418. The van der Waals surface area contributed by atoms with Crippen LogP contribution in [0.3, 0.4) is 0 Å². The number of nitro benzene ring substituents is 1. The largest absolute Gasteiger partial charge is 0.354 e. The second kappa shape index (κ2) is 4.68. The monoisotopic (exact) mass is 314 g/mol. The van der Waals surface area contributed by atoms with E-state index in [0.29, 0.717) is 5.56 Å². The summed E-state index contributed by atoms with van der Waals surface area (Å²) in [5.74, 6) is 0. The predicted molar refractivity (Wildman–Crippen MR) is 95.3 cm³/mol. The maximum Gasteiger partial charge on any atom is 0.277 e. The third-order valence-corrected chi connectivity index (χ3v) is 4.97. The maximum absolute atomic E-state index is 11.4. The highest BCUT2D eigenvalue weighted by Gasteiger charge is 2.20. The van der Waals surface area contributed by atoms with Crippen LogP contribution in [0.2, 0.25) is 0 Å². The fraction of sp³-hybridized carbons (Fsp3) is 0.100. The molecule has 0 saturated heterocycles. The molecule has 1 aliphatic rings. The van der Waals surface area contributed by atoms with Gasteiger partial charge in [0.15, 0.2) is 0 Å². The number of hydrogen-bond donors (Lipinski definition) is 1. The van der Waals surface area contributed by atoms with E-state index in [0.717, 1.165) is 29.4 Å². The number of hydrogen-bond acceptors (Lipinski definition) is 2. The SMILES string of the molecule is O=[N+]([O-])c1ccccc1-c1cc2c3c(c1)[nH]c1cccc(c13)CC2. The van der Waals surface area contributed by atoms with Crippen LogP contribution in [0.15, 0.2) is 54.6 Å². The zero-order chi connectivity index (χ0) is 16.3. The van der Waals surface area contributed by atoms with E-state index >= 15 is 0 Å². The summed E-state index contributed by atoms with van der Waals surface area (Å²) >= 11 is 0. The number of aromatic nitrogens is 1. The van der Waals surface area contributed by atoms with Gasteiger partial charge in [0, 0.05) is 27.9 Å². The molecule has 4 nitrogen and oxygen atoms in total. The van der Waals surface area contributed by atoms with Gasteiger partial charge in [0.1, 0.15) is 0 Å². The lowest BCUT2D eigenvalue weighted by Gasteiger charge is -2.14. The summed E-state index contributed by atoms with van der Waals surface area (Å²) in [5.41, 5.74) is 6.57. The average Bonchev–Trinajstić information content (AvgIpc) is 2.99. The van der Waals surface area contributed by atoms with Crippen molar-refractivity contribution in [3.8, 4) is 11.1 Å². The minimum atomic E-state index is -0.311. The summed E-state index contributed by atoms with van der Waals surface area (Å²) < 4.78 is 0. The molecular formula is C20H14N2O2. The molecule has 0 unspecified atom stereocenters. The van der Waals surface area contributed by atoms with Crippen LogP contribution >= 0.6 is 0 Å². The van der Waals surface area contributed by atoms with E-state index in [9.17, 15) is 10.1 Å². The van der Waals surface area contributed by atoms with E-state index in [1.807, 2.05) is 18.2 Å². The Morgan fingerprint density at radius 2 is 1.67 bits per heavy atom. The van der Waals surface area contributed by atoms with Crippen LogP contribution in [0.5, 0.6) is 0 Å². The molecule has 1 aliphatic carbocycles. The van der Waals surface area contributed by atoms with E-state index in [-0.39, 0.29) is 10.6 Å². The molecule has 0 bridgehead atoms. The van der Waals surface area contributed by atoms with Crippen molar-refractivity contribution in [1.82, 2.24) is 4.98 Å². The number of nitrogens with zero attached hydrogens (tertiary/aromatic N) is 1. The van der Waals surface area contributed by atoms with Crippen LogP contribution in [0, 0.1) is 10.1 Å². The molecule has 24 heavy (non-hydrogen) atoms. The van der Waals surface area contributed by atoms with E-state index in [4.69, 9.17) is 0 Å². The number of para-hydroxylation sites is 1. The molecule has 5 rings (SSSR count). The Hall–Kier alpha value is -3.14. The van der Waals surface area contributed by atoms with Crippen molar-refractivity contribution < 1.29 is 4.92 Å². The molecule has 1 aromatic heterocycles. The second-order valence-electron chi connectivity index (χ2n) is 6.30. The van der Waals surface area contributed by atoms with E-state index in [1.165, 1.54) is 21.9 Å². The Kier molecular flexibility index (Phi) is 2.59. The second-order valence-corrected chi connectivity index (χ2v) is 6.30. The van der Waals surface area contributed by atoms with Gasteiger partial charge >= 0.3 is 0 Å². The first-order valence-corrected chi connectivity index (χ1v) is 8.02. The van der Waals surface area contributed by atoms with Gasteiger partial charge in [0.2, 0.25) is 0 Å². The molecule has 4 aromatic rings. The lowest BCUT2D eigenvalue weighted by Crippen LogP contribution is -1.99. The molecule has 0 radical (unpaired) electrons. The van der Waals surface area contributed by atoms with Gasteiger partial charge in [-0.1, -0.05) is 30.3 Å². The van der Waals surface area contributed by atoms with Gasteiger partial charge in [-0.3, -0.25) is 10.1 Å². The maximum atomic E-state index is 11.4. The van der Waals surface area contributed by atoms with Crippen LogP contribution < -0.4 is 0 Å². The number of benzene rings is 3. The highest BCUT2D eigenvalue weighted by atomic mass is 16.6. The summed E-state index contributed by atoms with van der Waals surface area (Å²) in [4.78, 5) is 14.5. The van der Waals surface area contributed by atoms with Gasteiger partial charge < -0.3 is 4.98 Å². The lowest BCUT2D eigenvalue weighted by atomic mass is 9.88. The van der Waals surface area contributed by atoms with Crippen molar-refractivity contribution in [3.05, 3.63) is 75.8 Å². The van der Waals surface area contributed by atoms with Gasteiger partial charge in [0.05, 0.1) is 10.5 Å². The van der Waals surface area contributed by atoms with Gasteiger partial charge in [-0.15, -0.1) is 0 Å². The number of aromatic amines is 1. The molecule has 1 N–H and O–H groups in total. The summed E-state index contributed by atoms with van der Waals surface area (Å²) in [6.07, 6.45) is 1.98. The van der Waals surface area contributed by atoms with E-state index < -0.39 is 0 Å². The van der Waals surface area contributed by atoms with Crippen molar-refractivity contribution in [2.24, 2.45) is 0 Å². The Bertz CT molecular complexity index is 1140. The third kappa shape index (κ3) is 1.74. The molecule has 4 heteroatoms. The topological polar surface area (TPSA) is 58.9 Å². The molecule has 3 aromatic carbocycles. The van der Waals surface area contributed by atoms with Crippen molar-refractivity contribution in [3.63, 3.8) is 0 Å². The van der Waals surface area contributed by atoms with Crippen molar-refractivity contribution in [2.45, 2.75) is 12.8 Å². The number of aryl methyl sites for hydroxylation is 2. The van der Waals surface area contributed by atoms with Crippen molar-refractivity contribution in [2.75, 3.05) is 0 Å². The summed E-state index contributed by atoms with van der Waals surface area (Å²) in [6, 6.07) is 17.5. The van der Waals surface area contributed by atoms with Gasteiger partial charge in [-0.2, -0.15) is 0 Å². The van der Waals surface area contributed by atoms with Crippen LogP contribution in [0.4, 0.5) is 5.69 Å². The number of nitrogens with one attached hydrogen (secondary N) is 1. The first kappa shape index (κ1) is 13.3. The fourth-order valence-corrected chi connectivity index (χ4v) is 3.95. The van der Waals surface area contributed by atoms with Gasteiger partial charge in [0.25, 0.3) is 5.69 Å². The molecule has 0 saturated carbocycles. The van der Waals surface area contributed by atoms with Gasteiger partial charge in [-0.05, 0) is 47.7 Å². The Balaban J connectivity index is 1.85. The predicted octanol–water partition coefficient (Wildman–Crippen LogP) is 4.99. The van der Waals surface area contributed by atoms with Crippen LogP contribution in [0.1, 0.15) is 11.1 Å². The Labute approximate surface area is 137 Å². The average molecular weight is 314 g/mol. The standard InChI is InChI=1S/C20H14N2O2/c23-22(24)18-7-2-1-5-15(18)14-10-13-9-8-12-4-3-6-16-19(12)20(13)17(11-14)21-16/h1-7,10-11,21H,8-9H2. The highest BCUT2D eigenvalue weighted by molar-refractivity contribution is 6.12. The smallest absolute Gasteiger partial charge is 0.277 e. The van der Waals surface area contributed by atoms with Crippen LogP contribution in [0.25, 0.3) is 32.9 Å². The third-order valence-electron chi connectivity index (χ3n) is 4.97. The minimum absolute atomic E-state index is 0.150. The lowest BCUT2D eigenvalue weighted by molar-refractivity contribution is -0.384. The van der Waals surface area contributed by atoms with Crippen molar-refractivity contribution in [1.29, 1.82) is 0 Å². The van der Waals surface area contributed by atoms with Crippen LogP contribution in [-0.4, -0.2) is 9.91 Å². The number of nitro groups is 1. The Morgan fingerprint density at radius 3 is 2.54 bits per heavy atom. The van der Waals surface area contributed by atoms with Gasteiger partial charge in [-0.25, -0.2) is 0 Å². The molecule has 0 atom stereocenters. The van der Waals surface area contributed by atoms with E-state index in [1.54, 1.807) is 12.1 Å². The highest BCUT2D eigenvalue weighted by Crippen LogP contribution is 2.40.